The summed E-state index contributed by atoms with van der Waals surface area (Å²) < 4.78 is 41.9. The lowest BCUT2D eigenvalue weighted by atomic mass is 9.46. The monoisotopic (exact) mass is 482 g/mol. The van der Waals surface area contributed by atoms with E-state index in [2.05, 4.69) is 0 Å². The van der Waals surface area contributed by atoms with E-state index in [4.69, 9.17) is 21.7 Å². The molecule has 0 aromatic heterocycles. The van der Waals surface area contributed by atoms with Gasteiger partial charge in [0.1, 0.15) is 6.17 Å². The number of esters is 1. The maximum absolute atomic E-state index is 15.5. The summed E-state index contributed by atoms with van der Waals surface area (Å²) in [5.41, 5.74) is -3.30. The molecule has 5 nitrogen and oxygen atoms in total. The van der Waals surface area contributed by atoms with Gasteiger partial charge in [-0.05, 0) is 49.4 Å². The SMILES string of the molecule is CCC(=O)O[C@]1(C(=S)OC)[C@H](C)C[C@H]2[C@@H]3C[C@H](F)C4=C(F)C(=O)C=C[C@]4(C)[C@H]3[C@@H](O)C[C@@]21C. The Bertz CT molecular complexity index is 962. The molecule has 0 amide bonds. The summed E-state index contributed by atoms with van der Waals surface area (Å²) in [6, 6.07) is 0. The summed E-state index contributed by atoms with van der Waals surface area (Å²) in [5, 5.41) is 11.7. The number of aliphatic hydroxyl groups is 1. The van der Waals surface area contributed by atoms with Gasteiger partial charge in [0.15, 0.2) is 11.4 Å². The number of thiocarbonyl (C=S) groups is 1. The first kappa shape index (κ1) is 24.5. The molecule has 4 rings (SSSR count). The third kappa shape index (κ3) is 3.05. The van der Waals surface area contributed by atoms with Gasteiger partial charge < -0.3 is 14.6 Å². The van der Waals surface area contributed by atoms with E-state index in [0.717, 1.165) is 6.08 Å². The van der Waals surface area contributed by atoms with Crippen LogP contribution in [0, 0.1) is 34.5 Å². The number of alkyl halides is 1. The van der Waals surface area contributed by atoms with Gasteiger partial charge in [-0.2, -0.15) is 0 Å². The molecular formula is C25H32F2O5S. The van der Waals surface area contributed by atoms with Gasteiger partial charge in [-0.25, -0.2) is 8.78 Å². The third-order valence-electron chi connectivity index (χ3n) is 9.15. The molecule has 0 spiro atoms. The first-order valence-electron chi connectivity index (χ1n) is 11.6. The molecule has 33 heavy (non-hydrogen) atoms. The number of hydrogen-bond acceptors (Lipinski definition) is 6. The number of ether oxygens (including phenoxy) is 2. The van der Waals surface area contributed by atoms with Gasteiger partial charge in [0.25, 0.3) is 0 Å². The summed E-state index contributed by atoms with van der Waals surface area (Å²) >= 11 is 5.60. The van der Waals surface area contributed by atoms with Crippen LogP contribution < -0.4 is 0 Å². The van der Waals surface area contributed by atoms with Gasteiger partial charge in [-0.3, -0.25) is 9.59 Å². The van der Waals surface area contributed by atoms with Crippen LogP contribution in [0.3, 0.4) is 0 Å². The lowest BCUT2D eigenvalue weighted by Crippen LogP contribution is -2.64. The molecule has 0 aliphatic heterocycles. The molecule has 3 fully saturated rings. The Morgan fingerprint density at radius 3 is 2.61 bits per heavy atom. The average Bonchev–Trinajstić information content (AvgIpc) is 2.97. The van der Waals surface area contributed by atoms with E-state index in [1.54, 1.807) is 19.9 Å². The fourth-order valence-electron chi connectivity index (χ4n) is 7.85. The lowest BCUT2D eigenvalue weighted by molar-refractivity contribution is -0.187. The number of allylic oxidation sites excluding steroid dienone is 4. The van der Waals surface area contributed by atoms with E-state index in [1.165, 1.54) is 7.11 Å². The van der Waals surface area contributed by atoms with E-state index in [0.29, 0.717) is 6.42 Å². The summed E-state index contributed by atoms with van der Waals surface area (Å²) in [6.07, 6.45) is 1.10. The quantitative estimate of drug-likeness (QED) is 0.474. The van der Waals surface area contributed by atoms with E-state index < -0.39 is 52.2 Å². The van der Waals surface area contributed by atoms with Crippen LogP contribution in [0.1, 0.15) is 53.4 Å². The lowest BCUT2D eigenvalue weighted by Gasteiger charge is -2.60. The van der Waals surface area contributed by atoms with Gasteiger partial charge in [-0.1, -0.05) is 33.8 Å². The number of ketones is 1. The van der Waals surface area contributed by atoms with Gasteiger partial charge in [-0.15, -0.1) is 0 Å². The Kier molecular flexibility index (Phi) is 5.88. The summed E-state index contributed by atoms with van der Waals surface area (Å²) in [7, 11) is 1.44. The van der Waals surface area contributed by atoms with Crippen LogP contribution in [0.5, 0.6) is 0 Å². The Morgan fingerprint density at radius 2 is 2.00 bits per heavy atom. The van der Waals surface area contributed by atoms with Crippen LogP contribution in [0.2, 0.25) is 0 Å². The molecule has 4 aliphatic rings. The standard InChI is InChI=1S/C25H32F2O5S/c1-6-18(30)32-25(22(33)31-5)12(2)9-14-13-10-15(26)20-21(27)16(28)7-8-23(20,3)19(13)17(29)11-24(14,25)4/h7-8,12-15,17,19,29H,6,9-11H2,1-5H3/t12-,13+,14+,15+,17+,19-,23-,24+,25+/m1/s1. The van der Waals surface area contributed by atoms with Crippen LogP contribution >= 0.6 is 12.2 Å². The zero-order valence-corrected chi connectivity index (χ0v) is 20.5. The first-order chi connectivity index (χ1) is 15.4. The second-order valence-electron chi connectivity index (χ2n) is 10.6. The highest BCUT2D eigenvalue weighted by atomic mass is 32.1. The molecule has 4 aliphatic carbocycles. The smallest absolute Gasteiger partial charge is 0.306 e. The number of aliphatic hydroxyl groups excluding tert-OH is 1. The van der Waals surface area contributed by atoms with Crippen molar-refractivity contribution in [1.82, 2.24) is 0 Å². The van der Waals surface area contributed by atoms with E-state index in [9.17, 15) is 19.1 Å². The Labute approximate surface area is 198 Å². The van der Waals surface area contributed by atoms with Crippen LogP contribution in [0.4, 0.5) is 8.78 Å². The van der Waals surface area contributed by atoms with E-state index >= 15 is 4.39 Å². The predicted molar refractivity (Wildman–Crippen MR) is 122 cm³/mol. The number of fused-ring (bicyclic) bond motifs is 5. The zero-order chi connectivity index (χ0) is 24.5. The van der Waals surface area contributed by atoms with Crippen LogP contribution in [-0.4, -0.2) is 46.9 Å². The molecule has 9 atom stereocenters. The first-order valence-corrected chi connectivity index (χ1v) is 12.1. The molecule has 0 heterocycles. The van der Waals surface area contributed by atoms with Crippen LogP contribution in [-0.2, 0) is 19.1 Å². The van der Waals surface area contributed by atoms with Crippen molar-refractivity contribution in [3.8, 4) is 0 Å². The summed E-state index contributed by atoms with van der Waals surface area (Å²) in [6.45, 7) is 7.30. The van der Waals surface area contributed by atoms with Crippen molar-refractivity contribution in [3.63, 3.8) is 0 Å². The van der Waals surface area contributed by atoms with Crippen molar-refractivity contribution >= 4 is 29.0 Å². The van der Waals surface area contributed by atoms with Crippen molar-refractivity contribution in [2.24, 2.45) is 34.5 Å². The second-order valence-corrected chi connectivity index (χ2v) is 11.0. The van der Waals surface area contributed by atoms with Crippen molar-refractivity contribution in [3.05, 3.63) is 23.6 Å². The number of hydrogen-bond donors (Lipinski definition) is 1. The van der Waals surface area contributed by atoms with Crippen molar-refractivity contribution in [2.75, 3.05) is 7.11 Å². The maximum atomic E-state index is 15.5. The van der Waals surface area contributed by atoms with Gasteiger partial charge >= 0.3 is 5.97 Å². The molecular weight excluding hydrogens is 450 g/mol. The maximum Gasteiger partial charge on any atom is 0.306 e. The fraction of sp³-hybridized carbons (Fsp3) is 0.720. The Balaban J connectivity index is 1.85. The molecule has 0 radical (unpaired) electrons. The highest BCUT2D eigenvalue weighted by molar-refractivity contribution is 7.80. The van der Waals surface area contributed by atoms with Crippen molar-refractivity contribution in [1.29, 1.82) is 0 Å². The number of halogens is 2. The van der Waals surface area contributed by atoms with E-state index in [-0.39, 0.29) is 47.6 Å². The number of carbonyl (C=O) groups is 2. The van der Waals surface area contributed by atoms with Crippen molar-refractivity contribution < 1.29 is 33.0 Å². The Morgan fingerprint density at radius 1 is 1.33 bits per heavy atom. The van der Waals surface area contributed by atoms with Gasteiger partial charge in [0.2, 0.25) is 10.8 Å². The molecule has 8 heteroatoms. The van der Waals surface area contributed by atoms with Crippen LogP contribution in [0.15, 0.2) is 23.6 Å². The zero-order valence-electron chi connectivity index (χ0n) is 19.7. The molecule has 0 unspecified atom stereocenters. The van der Waals surface area contributed by atoms with Crippen LogP contribution in [0.25, 0.3) is 0 Å². The molecule has 1 N–H and O–H groups in total. The number of carbonyl (C=O) groups excluding carboxylic acids is 2. The molecule has 0 aromatic rings. The van der Waals surface area contributed by atoms with E-state index in [1.807, 2.05) is 13.8 Å². The number of rotatable bonds is 3. The highest BCUT2D eigenvalue weighted by Crippen LogP contribution is 2.69. The summed E-state index contributed by atoms with van der Waals surface area (Å²) in [5.74, 6) is -3.46. The van der Waals surface area contributed by atoms with Gasteiger partial charge in [0.05, 0.1) is 13.2 Å². The third-order valence-corrected chi connectivity index (χ3v) is 9.62. The normalized spacial score (nSPS) is 46.4. The molecule has 0 bridgehead atoms. The number of methoxy groups -OCH3 is 1. The molecule has 0 aromatic carbocycles. The topological polar surface area (TPSA) is 72.8 Å². The second kappa shape index (κ2) is 7.94. The minimum absolute atomic E-state index is 0.00822. The average molecular weight is 483 g/mol. The molecule has 0 saturated heterocycles. The summed E-state index contributed by atoms with van der Waals surface area (Å²) in [4.78, 5) is 24.5. The van der Waals surface area contributed by atoms with Crippen molar-refractivity contribution in [2.45, 2.75) is 71.3 Å². The predicted octanol–water partition coefficient (Wildman–Crippen LogP) is 4.42. The largest absolute Gasteiger partial charge is 0.487 e. The minimum atomic E-state index is -1.64. The highest BCUT2D eigenvalue weighted by Gasteiger charge is 2.73. The minimum Gasteiger partial charge on any atom is -0.487 e. The Hall–Kier alpha value is -1.67. The molecule has 3 saturated carbocycles. The fourth-order valence-corrected chi connectivity index (χ4v) is 8.32. The van der Waals surface area contributed by atoms with Gasteiger partial charge in [0, 0.05) is 34.7 Å². The molecule has 182 valence electrons.